The van der Waals surface area contributed by atoms with Gasteiger partial charge in [-0.05, 0) is 68.1 Å². The van der Waals surface area contributed by atoms with Crippen molar-refractivity contribution in [2.75, 3.05) is 25.0 Å². The summed E-state index contributed by atoms with van der Waals surface area (Å²) in [7, 11) is 0. The number of hydrogen-bond donors (Lipinski definition) is 1. The molecule has 0 aliphatic carbocycles. The van der Waals surface area contributed by atoms with Crippen molar-refractivity contribution >= 4 is 33.4 Å². The number of carbonyl (C=O) groups excluding carboxylic acids is 2. The maximum absolute atomic E-state index is 12.9. The van der Waals surface area contributed by atoms with Crippen LogP contribution >= 0.6 is 15.9 Å². The molecule has 166 valence electrons. The van der Waals surface area contributed by atoms with E-state index < -0.39 is 0 Å². The summed E-state index contributed by atoms with van der Waals surface area (Å²) in [5.74, 6) is 0.400. The zero-order chi connectivity index (χ0) is 22.1. The number of benzene rings is 2. The van der Waals surface area contributed by atoms with Gasteiger partial charge in [-0.2, -0.15) is 0 Å². The van der Waals surface area contributed by atoms with Crippen molar-refractivity contribution in [1.82, 2.24) is 4.90 Å². The summed E-state index contributed by atoms with van der Waals surface area (Å²) in [5.41, 5.74) is 1.78. The lowest BCUT2D eigenvalue weighted by molar-refractivity contribution is 0.0724. The minimum atomic E-state index is -0.236. The molecule has 6 heteroatoms. The van der Waals surface area contributed by atoms with E-state index in [1.54, 1.807) is 30.3 Å². The van der Waals surface area contributed by atoms with E-state index >= 15 is 0 Å². The van der Waals surface area contributed by atoms with Gasteiger partial charge in [0.25, 0.3) is 11.8 Å². The summed E-state index contributed by atoms with van der Waals surface area (Å²) in [6.07, 6.45) is 7.77. The lowest BCUT2D eigenvalue weighted by atomic mass is 10.1. The van der Waals surface area contributed by atoms with E-state index in [0.717, 1.165) is 43.2 Å². The van der Waals surface area contributed by atoms with Gasteiger partial charge in [0.1, 0.15) is 5.75 Å². The van der Waals surface area contributed by atoms with Gasteiger partial charge in [0.15, 0.2) is 0 Å². The normalized spacial score (nSPS) is 13.7. The lowest BCUT2D eigenvalue weighted by Gasteiger charge is -2.26. The second-order valence-electron chi connectivity index (χ2n) is 7.93. The Morgan fingerprint density at radius 3 is 2.45 bits per heavy atom. The molecule has 0 saturated carbocycles. The average Bonchev–Trinajstić information content (AvgIpc) is 2.80. The molecule has 0 atom stereocenters. The molecule has 1 heterocycles. The van der Waals surface area contributed by atoms with Crippen LogP contribution in [0.1, 0.15) is 72.6 Å². The molecule has 0 spiro atoms. The molecule has 0 bridgehead atoms. The standard InChI is InChI=1S/C25H31BrN2O3/c1-2-3-4-8-17-31-23-14-11-20(26)18-22(23)24(29)27-21-12-9-19(10-13-21)25(30)28-15-6-5-7-16-28/h9-14,18H,2-8,15-17H2,1H3,(H,27,29). The fourth-order valence-corrected chi connectivity index (χ4v) is 4.05. The average molecular weight is 487 g/mol. The molecule has 0 radical (unpaired) electrons. The molecule has 1 aliphatic rings. The Morgan fingerprint density at radius 1 is 1.00 bits per heavy atom. The van der Waals surface area contributed by atoms with Gasteiger partial charge in [0.05, 0.1) is 12.2 Å². The minimum absolute atomic E-state index is 0.0586. The van der Waals surface area contributed by atoms with Crippen LogP contribution < -0.4 is 10.1 Å². The van der Waals surface area contributed by atoms with Gasteiger partial charge in [0, 0.05) is 28.8 Å². The second kappa shape index (κ2) is 11.9. The van der Waals surface area contributed by atoms with Crippen molar-refractivity contribution in [3.63, 3.8) is 0 Å². The monoisotopic (exact) mass is 486 g/mol. The first-order valence-electron chi connectivity index (χ1n) is 11.2. The van der Waals surface area contributed by atoms with Crippen molar-refractivity contribution in [1.29, 1.82) is 0 Å². The van der Waals surface area contributed by atoms with Crippen LogP contribution in [0, 0.1) is 0 Å². The van der Waals surface area contributed by atoms with Crippen molar-refractivity contribution in [2.45, 2.75) is 51.9 Å². The van der Waals surface area contributed by atoms with E-state index in [4.69, 9.17) is 4.74 Å². The summed E-state index contributed by atoms with van der Waals surface area (Å²) in [6.45, 7) is 4.41. The maximum atomic E-state index is 12.9. The van der Waals surface area contributed by atoms with Crippen LogP contribution in [0.4, 0.5) is 5.69 Å². The smallest absolute Gasteiger partial charge is 0.259 e. The number of nitrogens with one attached hydrogen (secondary N) is 1. The van der Waals surface area contributed by atoms with Crippen LogP contribution in [0.5, 0.6) is 5.75 Å². The number of ether oxygens (including phenoxy) is 1. The van der Waals surface area contributed by atoms with Gasteiger partial charge >= 0.3 is 0 Å². The SMILES string of the molecule is CCCCCCOc1ccc(Br)cc1C(=O)Nc1ccc(C(=O)N2CCCCC2)cc1. The van der Waals surface area contributed by atoms with E-state index in [1.165, 1.54) is 19.3 Å². The fourth-order valence-electron chi connectivity index (χ4n) is 3.69. The summed E-state index contributed by atoms with van der Waals surface area (Å²) in [4.78, 5) is 27.4. The predicted octanol–water partition coefficient (Wildman–Crippen LogP) is 6.29. The Kier molecular flexibility index (Phi) is 8.95. The van der Waals surface area contributed by atoms with E-state index in [2.05, 4.69) is 28.2 Å². The molecule has 0 aromatic heterocycles. The van der Waals surface area contributed by atoms with Gasteiger partial charge in [-0.1, -0.05) is 42.1 Å². The van der Waals surface area contributed by atoms with Crippen LogP contribution in [-0.4, -0.2) is 36.4 Å². The summed E-state index contributed by atoms with van der Waals surface area (Å²) in [5, 5.41) is 2.92. The molecule has 3 rings (SSSR count). The van der Waals surface area contributed by atoms with E-state index in [0.29, 0.717) is 29.2 Å². The lowest BCUT2D eigenvalue weighted by Crippen LogP contribution is -2.35. The molecule has 5 nitrogen and oxygen atoms in total. The quantitative estimate of drug-likeness (QED) is 0.423. The molecule has 31 heavy (non-hydrogen) atoms. The van der Waals surface area contributed by atoms with Crippen LogP contribution in [-0.2, 0) is 0 Å². The van der Waals surface area contributed by atoms with Crippen LogP contribution in [0.25, 0.3) is 0 Å². The number of hydrogen-bond acceptors (Lipinski definition) is 3. The first-order valence-corrected chi connectivity index (χ1v) is 12.0. The second-order valence-corrected chi connectivity index (χ2v) is 8.85. The fraction of sp³-hybridized carbons (Fsp3) is 0.440. The van der Waals surface area contributed by atoms with E-state index in [9.17, 15) is 9.59 Å². The third-order valence-electron chi connectivity index (χ3n) is 5.47. The third-order valence-corrected chi connectivity index (χ3v) is 5.97. The first kappa shape index (κ1) is 23.3. The van der Waals surface area contributed by atoms with E-state index in [-0.39, 0.29) is 11.8 Å². The molecule has 1 N–H and O–H groups in total. The summed E-state index contributed by atoms with van der Waals surface area (Å²) >= 11 is 3.44. The molecule has 0 unspecified atom stereocenters. The van der Waals surface area contributed by atoms with Crippen molar-refractivity contribution in [2.24, 2.45) is 0 Å². The highest BCUT2D eigenvalue weighted by atomic mass is 79.9. The van der Waals surface area contributed by atoms with Crippen LogP contribution in [0.3, 0.4) is 0 Å². The zero-order valence-electron chi connectivity index (χ0n) is 18.2. The predicted molar refractivity (Wildman–Crippen MR) is 128 cm³/mol. The van der Waals surface area contributed by atoms with Crippen molar-refractivity contribution < 1.29 is 14.3 Å². The number of halogens is 1. The summed E-state index contributed by atoms with van der Waals surface area (Å²) < 4.78 is 6.70. The number of carbonyl (C=O) groups is 2. The highest BCUT2D eigenvalue weighted by Crippen LogP contribution is 2.25. The van der Waals surface area contributed by atoms with Crippen molar-refractivity contribution in [3.05, 3.63) is 58.1 Å². The molecular formula is C25H31BrN2O3. The zero-order valence-corrected chi connectivity index (χ0v) is 19.7. The number of rotatable bonds is 9. The third kappa shape index (κ3) is 6.82. The van der Waals surface area contributed by atoms with Crippen molar-refractivity contribution in [3.8, 4) is 5.75 Å². The molecule has 2 aromatic carbocycles. The van der Waals surface area contributed by atoms with E-state index in [1.807, 2.05) is 17.0 Å². The largest absolute Gasteiger partial charge is 0.493 e. The van der Waals surface area contributed by atoms with Gasteiger partial charge in [0.2, 0.25) is 0 Å². The van der Waals surface area contributed by atoms with Crippen LogP contribution in [0.2, 0.25) is 0 Å². The highest BCUT2D eigenvalue weighted by molar-refractivity contribution is 9.10. The number of anilines is 1. The van der Waals surface area contributed by atoms with Gasteiger partial charge < -0.3 is 15.0 Å². The number of piperidine rings is 1. The van der Waals surface area contributed by atoms with Crippen LogP contribution in [0.15, 0.2) is 46.9 Å². The van der Waals surface area contributed by atoms with Gasteiger partial charge in [-0.15, -0.1) is 0 Å². The Hall–Kier alpha value is -2.34. The maximum Gasteiger partial charge on any atom is 0.259 e. The Balaban J connectivity index is 1.62. The molecule has 1 aliphatic heterocycles. The molecule has 1 fully saturated rings. The number of amides is 2. The number of likely N-dealkylation sites (tertiary alicyclic amines) is 1. The van der Waals surface area contributed by atoms with Gasteiger partial charge in [-0.25, -0.2) is 0 Å². The highest BCUT2D eigenvalue weighted by Gasteiger charge is 2.18. The Morgan fingerprint density at radius 2 is 1.74 bits per heavy atom. The number of unbranched alkanes of at least 4 members (excludes halogenated alkanes) is 3. The Labute approximate surface area is 193 Å². The first-order chi connectivity index (χ1) is 15.1. The molecule has 2 amide bonds. The molecule has 1 saturated heterocycles. The minimum Gasteiger partial charge on any atom is -0.493 e. The Bertz CT molecular complexity index is 877. The molecular weight excluding hydrogens is 456 g/mol. The number of nitrogens with zero attached hydrogens (tertiary/aromatic N) is 1. The topological polar surface area (TPSA) is 58.6 Å². The molecule has 2 aromatic rings. The summed E-state index contributed by atoms with van der Waals surface area (Å²) in [6, 6.07) is 12.6. The van der Waals surface area contributed by atoms with Gasteiger partial charge in [-0.3, -0.25) is 9.59 Å².